The zero-order valence-electron chi connectivity index (χ0n) is 7.96. The number of alkyl halides is 3. The fourth-order valence-electron chi connectivity index (χ4n) is 1.10. The van der Waals surface area contributed by atoms with Crippen LogP contribution >= 0.6 is 12.4 Å². The lowest BCUT2D eigenvalue weighted by Gasteiger charge is -2.12. The number of halogens is 5. The van der Waals surface area contributed by atoms with Crippen LogP contribution < -0.4 is 5.73 Å². The van der Waals surface area contributed by atoms with Crippen LogP contribution in [0, 0.1) is 5.82 Å². The van der Waals surface area contributed by atoms with E-state index in [-0.39, 0.29) is 18.0 Å². The molecule has 0 fully saturated rings. The van der Waals surface area contributed by atoms with Crippen molar-refractivity contribution in [2.45, 2.75) is 12.2 Å². The van der Waals surface area contributed by atoms with Gasteiger partial charge in [0.1, 0.15) is 5.82 Å². The van der Waals surface area contributed by atoms with Crippen molar-refractivity contribution in [3.8, 4) is 0 Å². The normalized spacial score (nSPS) is 13.1. The molecule has 1 aromatic rings. The van der Waals surface area contributed by atoms with Gasteiger partial charge in [-0.15, -0.1) is 12.4 Å². The quantitative estimate of drug-likeness (QED) is 0.801. The van der Waals surface area contributed by atoms with Crippen LogP contribution in [0.4, 0.5) is 17.6 Å². The van der Waals surface area contributed by atoms with Crippen LogP contribution in [0.2, 0.25) is 0 Å². The molecule has 3 N–H and O–H groups in total. The number of rotatable bonds is 2. The van der Waals surface area contributed by atoms with Gasteiger partial charge in [-0.25, -0.2) is 4.39 Å². The van der Waals surface area contributed by atoms with Crippen molar-refractivity contribution in [3.05, 3.63) is 35.1 Å². The minimum Gasteiger partial charge on any atom is -0.394 e. The average molecular weight is 260 g/mol. The van der Waals surface area contributed by atoms with Crippen LogP contribution in [0.25, 0.3) is 0 Å². The number of hydrogen-bond donors (Lipinski definition) is 2. The lowest BCUT2D eigenvalue weighted by Crippen LogP contribution is -2.16. The largest absolute Gasteiger partial charge is 0.419 e. The molecule has 0 amide bonds. The summed E-state index contributed by atoms with van der Waals surface area (Å²) in [5.41, 5.74) is 4.12. The van der Waals surface area contributed by atoms with Gasteiger partial charge < -0.3 is 10.8 Å². The summed E-state index contributed by atoms with van der Waals surface area (Å²) < 4.78 is 49.4. The first-order chi connectivity index (χ1) is 6.86. The summed E-state index contributed by atoms with van der Waals surface area (Å²) in [6, 6.07) is 1.47. The molecule has 1 rings (SSSR count). The van der Waals surface area contributed by atoms with Crippen LogP contribution in [-0.4, -0.2) is 11.7 Å². The lowest BCUT2D eigenvalue weighted by molar-refractivity contribution is -0.140. The van der Waals surface area contributed by atoms with E-state index < -0.39 is 30.2 Å². The van der Waals surface area contributed by atoms with Crippen molar-refractivity contribution in [3.63, 3.8) is 0 Å². The maximum absolute atomic E-state index is 13.0. The van der Waals surface area contributed by atoms with Crippen molar-refractivity contribution in [2.75, 3.05) is 6.61 Å². The third-order valence-electron chi connectivity index (χ3n) is 1.92. The zero-order valence-corrected chi connectivity index (χ0v) is 8.78. The van der Waals surface area contributed by atoms with E-state index in [1.165, 1.54) is 0 Å². The van der Waals surface area contributed by atoms with Crippen LogP contribution in [0.3, 0.4) is 0 Å². The van der Waals surface area contributed by atoms with Crippen molar-refractivity contribution in [2.24, 2.45) is 5.73 Å². The predicted octanol–water partition coefficient (Wildman–Crippen LogP) is 2.26. The molecule has 0 aromatic heterocycles. The van der Waals surface area contributed by atoms with Gasteiger partial charge in [0.2, 0.25) is 0 Å². The Morgan fingerprint density at radius 2 is 1.88 bits per heavy atom. The maximum atomic E-state index is 13.0. The van der Waals surface area contributed by atoms with E-state index in [9.17, 15) is 17.6 Å². The van der Waals surface area contributed by atoms with E-state index in [2.05, 4.69) is 0 Å². The monoisotopic (exact) mass is 259 g/mol. The molecule has 0 radical (unpaired) electrons. The SMILES string of the molecule is Cl.N[C@@H](CO)c1ccc(C(F)(F)F)c(F)c1. The van der Waals surface area contributed by atoms with Gasteiger partial charge >= 0.3 is 6.18 Å². The smallest absolute Gasteiger partial charge is 0.394 e. The van der Waals surface area contributed by atoms with Gasteiger partial charge in [0.05, 0.1) is 18.2 Å². The molecule has 2 nitrogen and oxygen atoms in total. The van der Waals surface area contributed by atoms with Gasteiger partial charge in [-0.05, 0) is 17.7 Å². The third-order valence-corrected chi connectivity index (χ3v) is 1.92. The Hall–Kier alpha value is -0.850. The second kappa shape index (κ2) is 5.47. The summed E-state index contributed by atoms with van der Waals surface area (Å²) in [5.74, 6) is -1.39. The predicted molar refractivity (Wildman–Crippen MR) is 52.7 cm³/mol. The lowest BCUT2D eigenvalue weighted by atomic mass is 10.1. The number of aliphatic hydroxyl groups is 1. The third kappa shape index (κ3) is 3.33. The standard InChI is InChI=1S/C9H9F4NO.ClH/c10-7-3-5(8(14)4-15)1-2-6(7)9(11,12)13;/h1-3,8,15H,4,14H2;1H/t8-;/m0./s1. The Morgan fingerprint density at radius 1 is 1.31 bits per heavy atom. The molecule has 0 unspecified atom stereocenters. The Labute approximate surface area is 95.5 Å². The van der Waals surface area contributed by atoms with Crippen LogP contribution in [-0.2, 0) is 6.18 Å². The Morgan fingerprint density at radius 3 is 2.25 bits per heavy atom. The summed E-state index contributed by atoms with van der Waals surface area (Å²) >= 11 is 0. The van der Waals surface area contributed by atoms with Crippen molar-refractivity contribution in [1.29, 1.82) is 0 Å². The first-order valence-electron chi connectivity index (χ1n) is 4.09. The Kier molecular flexibility index (Phi) is 5.18. The van der Waals surface area contributed by atoms with Gasteiger partial charge in [-0.2, -0.15) is 13.2 Å². The van der Waals surface area contributed by atoms with Crippen molar-refractivity contribution < 1.29 is 22.7 Å². The fourth-order valence-corrected chi connectivity index (χ4v) is 1.10. The molecule has 7 heteroatoms. The van der Waals surface area contributed by atoms with Gasteiger partial charge in [0, 0.05) is 0 Å². The highest BCUT2D eigenvalue weighted by atomic mass is 35.5. The fraction of sp³-hybridized carbons (Fsp3) is 0.333. The molecular formula is C9H10ClF4NO. The van der Waals surface area contributed by atoms with E-state index in [0.29, 0.717) is 12.1 Å². The molecule has 16 heavy (non-hydrogen) atoms. The molecule has 0 spiro atoms. The number of hydrogen-bond acceptors (Lipinski definition) is 2. The minimum absolute atomic E-state index is 0. The molecule has 92 valence electrons. The topological polar surface area (TPSA) is 46.2 Å². The summed E-state index contributed by atoms with van der Waals surface area (Å²) in [4.78, 5) is 0. The first-order valence-corrected chi connectivity index (χ1v) is 4.09. The second-order valence-electron chi connectivity index (χ2n) is 3.03. The number of nitrogens with two attached hydrogens (primary N) is 1. The maximum Gasteiger partial charge on any atom is 0.419 e. The van der Waals surface area contributed by atoms with E-state index in [0.717, 1.165) is 6.07 Å². The van der Waals surface area contributed by atoms with Crippen molar-refractivity contribution >= 4 is 12.4 Å². The molecular weight excluding hydrogens is 250 g/mol. The van der Waals surface area contributed by atoms with Crippen LogP contribution in [0.5, 0.6) is 0 Å². The molecule has 0 heterocycles. The first kappa shape index (κ1) is 15.2. The highest BCUT2D eigenvalue weighted by molar-refractivity contribution is 5.85. The molecule has 0 aliphatic rings. The van der Waals surface area contributed by atoms with E-state index in [1.54, 1.807) is 0 Å². The Balaban J connectivity index is 0.00000225. The average Bonchev–Trinajstić information content (AvgIpc) is 2.14. The summed E-state index contributed by atoms with van der Waals surface area (Å²) in [6.45, 7) is -0.454. The van der Waals surface area contributed by atoms with Crippen molar-refractivity contribution in [1.82, 2.24) is 0 Å². The van der Waals surface area contributed by atoms with E-state index in [4.69, 9.17) is 10.8 Å². The second-order valence-corrected chi connectivity index (χ2v) is 3.03. The molecule has 0 bridgehead atoms. The van der Waals surface area contributed by atoms with E-state index in [1.807, 2.05) is 0 Å². The highest BCUT2D eigenvalue weighted by Crippen LogP contribution is 2.32. The zero-order chi connectivity index (χ0) is 11.6. The number of benzene rings is 1. The molecule has 0 saturated carbocycles. The van der Waals surface area contributed by atoms with Crippen LogP contribution in [0.15, 0.2) is 18.2 Å². The molecule has 1 aromatic carbocycles. The Bertz CT molecular complexity index is 356. The highest BCUT2D eigenvalue weighted by Gasteiger charge is 2.34. The summed E-state index contributed by atoms with van der Waals surface area (Å²) in [7, 11) is 0. The number of aliphatic hydroxyl groups excluding tert-OH is 1. The van der Waals surface area contributed by atoms with Gasteiger partial charge in [-0.1, -0.05) is 6.07 Å². The van der Waals surface area contributed by atoms with E-state index >= 15 is 0 Å². The summed E-state index contributed by atoms with van der Waals surface area (Å²) in [5, 5.41) is 8.64. The van der Waals surface area contributed by atoms with Gasteiger partial charge in [-0.3, -0.25) is 0 Å². The minimum atomic E-state index is -4.72. The molecule has 1 atom stereocenters. The summed E-state index contributed by atoms with van der Waals surface area (Å²) in [6.07, 6.45) is -4.72. The van der Waals surface area contributed by atoms with Gasteiger partial charge in [0.25, 0.3) is 0 Å². The molecule has 0 aliphatic carbocycles. The van der Waals surface area contributed by atoms with Crippen LogP contribution in [0.1, 0.15) is 17.2 Å². The van der Waals surface area contributed by atoms with Gasteiger partial charge in [0.15, 0.2) is 0 Å². The molecule has 0 saturated heterocycles. The molecule has 0 aliphatic heterocycles.